The van der Waals surface area contributed by atoms with Crippen LogP contribution in [0, 0.1) is 5.53 Å². The number of nitrogens with zero attached hydrogens (tertiary/aromatic N) is 1. The number of nitrogens with two attached hydrogens (primary N) is 1. The molecule has 0 heterocycles. The average molecular weight is 219 g/mol. The van der Waals surface area contributed by atoms with Crippen LogP contribution in [0.5, 0.6) is 0 Å². The van der Waals surface area contributed by atoms with E-state index in [-0.39, 0.29) is 5.25 Å². The van der Waals surface area contributed by atoms with Crippen LogP contribution in [-0.4, -0.2) is 32.0 Å². The Labute approximate surface area is 84.5 Å². The molecule has 82 valence electrons. The third-order valence-corrected chi connectivity index (χ3v) is 4.61. The van der Waals surface area contributed by atoms with Crippen LogP contribution >= 0.6 is 0 Å². The van der Waals surface area contributed by atoms with E-state index in [1.54, 1.807) is 0 Å². The summed E-state index contributed by atoms with van der Waals surface area (Å²) in [6, 6.07) is 0. The normalized spacial score (nSPS) is 34.0. The Balaban J connectivity index is 2.58. The fourth-order valence-corrected chi connectivity index (χ4v) is 3.00. The van der Waals surface area contributed by atoms with Gasteiger partial charge in [0.25, 0.3) is 0 Å². The number of sulfone groups is 1. The minimum atomic E-state index is -2.92. The molecule has 5 nitrogen and oxygen atoms in total. The van der Waals surface area contributed by atoms with Gasteiger partial charge in [0.2, 0.25) is 0 Å². The Morgan fingerprint density at radius 3 is 2.36 bits per heavy atom. The van der Waals surface area contributed by atoms with Gasteiger partial charge in [-0.15, -0.1) is 0 Å². The number of hydrogen-bond acceptors (Lipinski definition) is 5. The second-order valence-corrected chi connectivity index (χ2v) is 6.53. The molecule has 1 aliphatic carbocycles. The van der Waals surface area contributed by atoms with Crippen molar-refractivity contribution in [2.45, 2.75) is 36.5 Å². The summed E-state index contributed by atoms with van der Waals surface area (Å²) < 4.78 is 22.5. The van der Waals surface area contributed by atoms with Gasteiger partial charge < -0.3 is 5.73 Å². The maximum atomic E-state index is 11.3. The Morgan fingerprint density at radius 2 is 2.00 bits per heavy atom. The smallest absolute Gasteiger partial charge is 0.150 e. The molecule has 0 saturated heterocycles. The molecular weight excluding hydrogens is 202 g/mol. The molecule has 0 aliphatic heterocycles. The molecule has 14 heavy (non-hydrogen) atoms. The van der Waals surface area contributed by atoms with Gasteiger partial charge in [0, 0.05) is 11.8 Å². The van der Waals surface area contributed by atoms with Crippen LogP contribution < -0.4 is 5.73 Å². The van der Waals surface area contributed by atoms with Gasteiger partial charge in [-0.25, -0.2) is 13.9 Å². The second kappa shape index (κ2) is 3.94. The summed E-state index contributed by atoms with van der Waals surface area (Å²) in [5, 5.41) is 3.05. The maximum Gasteiger partial charge on any atom is 0.150 e. The summed E-state index contributed by atoms with van der Waals surface area (Å²) in [5.41, 5.74) is 12.3. The molecule has 0 aromatic carbocycles. The summed E-state index contributed by atoms with van der Waals surface area (Å²) in [6.45, 7) is 0.309. The molecular formula is C8H17N3O2S. The van der Waals surface area contributed by atoms with Crippen molar-refractivity contribution in [2.75, 3.05) is 12.8 Å². The minimum absolute atomic E-state index is 0.245. The van der Waals surface area contributed by atoms with Crippen molar-refractivity contribution >= 4 is 9.84 Å². The highest BCUT2D eigenvalue weighted by Crippen LogP contribution is 2.29. The van der Waals surface area contributed by atoms with Crippen LogP contribution in [0.25, 0.3) is 0 Å². The molecule has 0 spiro atoms. The predicted molar refractivity (Wildman–Crippen MR) is 54.0 cm³/mol. The minimum Gasteiger partial charge on any atom is -0.323 e. The molecule has 3 N–H and O–H groups in total. The molecule has 0 aromatic heterocycles. The maximum absolute atomic E-state index is 11.3. The van der Waals surface area contributed by atoms with Gasteiger partial charge in [-0.3, -0.25) is 0 Å². The van der Waals surface area contributed by atoms with Crippen LogP contribution in [0.15, 0.2) is 5.11 Å². The van der Waals surface area contributed by atoms with Crippen LogP contribution in [0.4, 0.5) is 0 Å². The van der Waals surface area contributed by atoms with Gasteiger partial charge in [-0.2, -0.15) is 5.11 Å². The van der Waals surface area contributed by atoms with Crippen LogP contribution in [0.1, 0.15) is 25.7 Å². The van der Waals surface area contributed by atoms with E-state index in [9.17, 15) is 8.42 Å². The summed E-state index contributed by atoms with van der Waals surface area (Å²) >= 11 is 0. The molecule has 1 aliphatic rings. The van der Waals surface area contributed by atoms with E-state index in [0.29, 0.717) is 32.2 Å². The lowest BCUT2D eigenvalue weighted by Gasteiger charge is -2.34. The fourth-order valence-electron chi connectivity index (χ4n) is 1.91. The second-order valence-electron chi connectivity index (χ2n) is 4.21. The zero-order valence-electron chi connectivity index (χ0n) is 8.36. The van der Waals surface area contributed by atoms with Gasteiger partial charge in [0.05, 0.1) is 11.8 Å². The van der Waals surface area contributed by atoms with Crippen LogP contribution in [0.2, 0.25) is 0 Å². The summed E-state index contributed by atoms with van der Waals surface area (Å²) in [6.07, 6.45) is 3.77. The SMILES string of the molecule is CS(=O)(=O)C1CCC(N)(CN=N)CC1. The van der Waals surface area contributed by atoms with Crippen LogP contribution in [-0.2, 0) is 9.84 Å². The van der Waals surface area contributed by atoms with Gasteiger partial charge in [0.15, 0.2) is 0 Å². The Kier molecular flexibility index (Phi) is 3.26. The predicted octanol–water partition coefficient (Wildman–Crippen LogP) is 0.702. The van der Waals surface area contributed by atoms with Crippen LogP contribution in [0.3, 0.4) is 0 Å². The fraction of sp³-hybridized carbons (Fsp3) is 1.00. The van der Waals surface area contributed by atoms with Gasteiger partial charge >= 0.3 is 0 Å². The van der Waals surface area contributed by atoms with Crippen molar-refractivity contribution in [1.82, 2.24) is 0 Å². The molecule has 0 amide bonds. The number of nitrogens with one attached hydrogen (secondary N) is 1. The van der Waals surface area contributed by atoms with Crippen molar-refractivity contribution in [3.05, 3.63) is 0 Å². The summed E-state index contributed by atoms with van der Waals surface area (Å²) in [4.78, 5) is 0. The van der Waals surface area contributed by atoms with Crippen molar-refractivity contribution in [1.29, 1.82) is 5.53 Å². The lowest BCUT2D eigenvalue weighted by molar-refractivity contribution is 0.301. The van der Waals surface area contributed by atoms with Crippen molar-refractivity contribution in [2.24, 2.45) is 10.8 Å². The number of hydrogen-bond donors (Lipinski definition) is 2. The Morgan fingerprint density at radius 1 is 1.50 bits per heavy atom. The zero-order valence-corrected chi connectivity index (χ0v) is 9.18. The highest BCUT2D eigenvalue weighted by atomic mass is 32.2. The van der Waals surface area contributed by atoms with Crippen molar-refractivity contribution < 1.29 is 8.42 Å². The van der Waals surface area contributed by atoms with Crippen molar-refractivity contribution in [3.63, 3.8) is 0 Å². The number of rotatable bonds is 3. The first-order valence-electron chi connectivity index (χ1n) is 4.68. The molecule has 0 unspecified atom stereocenters. The molecule has 0 radical (unpaired) electrons. The van der Waals surface area contributed by atoms with Gasteiger partial charge in [-0.05, 0) is 25.7 Å². The Hall–Kier alpha value is -0.490. The topological polar surface area (TPSA) is 96.4 Å². The first-order valence-corrected chi connectivity index (χ1v) is 6.64. The van der Waals surface area contributed by atoms with E-state index >= 15 is 0 Å². The standard InChI is InChI=1S/C8H17N3O2S/c1-14(12,13)7-2-4-8(9,5-3-7)6-11-10/h7,10H,2-6,9H2,1H3. The first kappa shape index (κ1) is 11.6. The summed E-state index contributed by atoms with van der Waals surface area (Å²) in [7, 11) is -2.92. The van der Waals surface area contributed by atoms with E-state index < -0.39 is 15.4 Å². The molecule has 6 heteroatoms. The molecule has 1 fully saturated rings. The third-order valence-electron chi connectivity index (χ3n) is 2.93. The van der Waals surface area contributed by atoms with E-state index in [0.717, 1.165) is 0 Å². The van der Waals surface area contributed by atoms with Crippen molar-refractivity contribution in [3.8, 4) is 0 Å². The van der Waals surface area contributed by atoms with E-state index in [1.165, 1.54) is 6.26 Å². The zero-order chi connectivity index (χ0) is 10.8. The Bertz CT molecular complexity index is 305. The highest BCUT2D eigenvalue weighted by molar-refractivity contribution is 7.91. The lowest BCUT2D eigenvalue weighted by Crippen LogP contribution is -2.48. The first-order chi connectivity index (χ1) is 6.37. The molecule has 1 rings (SSSR count). The highest BCUT2D eigenvalue weighted by Gasteiger charge is 2.35. The average Bonchev–Trinajstić information content (AvgIpc) is 2.03. The summed E-state index contributed by atoms with van der Waals surface area (Å²) in [5.74, 6) is 0. The van der Waals surface area contributed by atoms with E-state index in [1.807, 2.05) is 0 Å². The van der Waals surface area contributed by atoms with Gasteiger partial charge in [-0.1, -0.05) is 0 Å². The molecule has 0 aromatic rings. The van der Waals surface area contributed by atoms with E-state index in [2.05, 4.69) is 5.11 Å². The third kappa shape index (κ3) is 2.75. The molecule has 1 saturated carbocycles. The molecule has 0 bridgehead atoms. The quantitative estimate of drug-likeness (QED) is 0.684. The van der Waals surface area contributed by atoms with Gasteiger partial charge in [0.1, 0.15) is 9.84 Å². The largest absolute Gasteiger partial charge is 0.323 e. The van der Waals surface area contributed by atoms with E-state index in [4.69, 9.17) is 11.3 Å². The molecule has 0 atom stereocenters. The monoisotopic (exact) mass is 219 g/mol. The lowest BCUT2D eigenvalue weighted by atomic mass is 9.82.